The van der Waals surface area contributed by atoms with Crippen LogP contribution in [0.5, 0.6) is 11.5 Å². The Balaban J connectivity index is 1.71. The van der Waals surface area contributed by atoms with E-state index in [1.807, 2.05) is 31.2 Å². The molecule has 0 spiro atoms. The highest BCUT2D eigenvalue weighted by Gasteiger charge is 2.34. The van der Waals surface area contributed by atoms with E-state index in [9.17, 15) is 13.2 Å². The van der Waals surface area contributed by atoms with Gasteiger partial charge < -0.3 is 14.8 Å². The average Bonchev–Trinajstić information content (AvgIpc) is 2.65. The first kappa shape index (κ1) is 19.0. The number of carbonyl (C=O) groups excluding carboxylic acids is 1. The van der Waals surface area contributed by atoms with Gasteiger partial charge in [0.2, 0.25) is 10.0 Å². The van der Waals surface area contributed by atoms with Crippen molar-refractivity contribution in [3.63, 3.8) is 0 Å². The fraction of sp³-hybridized carbons (Fsp3) is 0.316. The molecule has 1 aliphatic heterocycles. The number of amides is 1. The minimum Gasteiger partial charge on any atom is -0.494 e. The number of anilines is 1. The summed E-state index contributed by atoms with van der Waals surface area (Å²) in [4.78, 5) is 12.6. The van der Waals surface area contributed by atoms with E-state index in [0.717, 1.165) is 17.6 Å². The summed E-state index contributed by atoms with van der Waals surface area (Å²) in [7, 11) is -3.53. The minimum absolute atomic E-state index is 0.0688. The van der Waals surface area contributed by atoms with Gasteiger partial charge in [-0.05, 0) is 36.8 Å². The Labute approximate surface area is 158 Å². The number of nitrogens with zero attached hydrogens (tertiary/aromatic N) is 1. The molecule has 8 heteroatoms. The van der Waals surface area contributed by atoms with Gasteiger partial charge in [-0.3, -0.25) is 9.10 Å². The summed E-state index contributed by atoms with van der Waals surface area (Å²) in [5.41, 5.74) is 1.32. The van der Waals surface area contributed by atoms with Gasteiger partial charge in [0, 0.05) is 6.54 Å². The van der Waals surface area contributed by atoms with E-state index in [2.05, 4.69) is 5.32 Å². The van der Waals surface area contributed by atoms with Crippen molar-refractivity contribution in [2.75, 3.05) is 23.7 Å². The van der Waals surface area contributed by atoms with E-state index >= 15 is 0 Å². The summed E-state index contributed by atoms with van der Waals surface area (Å²) in [6.07, 6.45) is 0.188. The molecule has 1 amide bonds. The first-order chi connectivity index (χ1) is 12.9. The Bertz CT molecular complexity index is 929. The van der Waals surface area contributed by atoms with Crippen molar-refractivity contribution in [2.45, 2.75) is 19.6 Å². The Morgan fingerprint density at radius 1 is 1.26 bits per heavy atom. The van der Waals surface area contributed by atoms with Crippen LogP contribution in [0.4, 0.5) is 5.69 Å². The zero-order valence-corrected chi connectivity index (χ0v) is 16.0. The SMILES string of the molecule is CCOc1cccc(CNC(=O)C2CN(S(C)(=O)=O)c3ccccc3O2)c1. The van der Waals surface area contributed by atoms with E-state index in [1.165, 1.54) is 4.31 Å². The third kappa shape index (κ3) is 4.51. The molecule has 2 aromatic carbocycles. The maximum atomic E-state index is 12.6. The Hall–Kier alpha value is -2.74. The van der Waals surface area contributed by atoms with E-state index < -0.39 is 16.1 Å². The van der Waals surface area contributed by atoms with Crippen LogP contribution in [0.15, 0.2) is 48.5 Å². The molecule has 1 aliphatic rings. The average molecular weight is 390 g/mol. The van der Waals surface area contributed by atoms with Crippen molar-refractivity contribution in [1.82, 2.24) is 5.32 Å². The van der Waals surface area contributed by atoms with Crippen LogP contribution in [-0.4, -0.2) is 39.8 Å². The molecule has 1 atom stereocenters. The van der Waals surface area contributed by atoms with Crippen LogP contribution in [0.2, 0.25) is 0 Å². The van der Waals surface area contributed by atoms with Gasteiger partial charge in [-0.2, -0.15) is 0 Å². The largest absolute Gasteiger partial charge is 0.494 e. The first-order valence-electron chi connectivity index (χ1n) is 8.61. The fourth-order valence-corrected chi connectivity index (χ4v) is 3.78. The number of fused-ring (bicyclic) bond motifs is 1. The molecule has 0 saturated carbocycles. The molecular weight excluding hydrogens is 368 g/mol. The maximum Gasteiger partial charge on any atom is 0.263 e. The van der Waals surface area contributed by atoms with Crippen molar-refractivity contribution in [2.24, 2.45) is 0 Å². The summed E-state index contributed by atoms with van der Waals surface area (Å²) >= 11 is 0. The quantitative estimate of drug-likeness (QED) is 0.815. The number of rotatable bonds is 6. The molecule has 7 nitrogen and oxygen atoms in total. The van der Waals surface area contributed by atoms with Crippen molar-refractivity contribution in [3.8, 4) is 11.5 Å². The van der Waals surface area contributed by atoms with Crippen LogP contribution in [0.1, 0.15) is 12.5 Å². The van der Waals surface area contributed by atoms with Gasteiger partial charge in [0.15, 0.2) is 6.10 Å². The van der Waals surface area contributed by atoms with E-state index in [4.69, 9.17) is 9.47 Å². The second-order valence-electron chi connectivity index (χ2n) is 6.17. The van der Waals surface area contributed by atoms with Crippen LogP contribution in [-0.2, 0) is 21.4 Å². The smallest absolute Gasteiger partial charge is 0.263 e. The predicted octanol–water partition coefficient (Wildman–Crippen LogP) is 1.93. The lowest BCUT2D eigenvalue weighted by Crippen LogP contribution is -2.50. The Morgan fingerprint density at radius 2 is 2.04 bits per heavy atom. The molecule has 0 aromatic heterocycles. The highest BCUT2D eigenvalue weighted by Crippen LogP contribution is 2.34. The zero-order chi connectivity index (χ0) is 19.4. The van der Waals surface area contributed by atoms with Crippen molar-refractivity contribution >= 4 is 21.6 Å². The molecule has 1 N–H and O–H groups in total. The highest BCUT2D eigenvalue weighted by atomic mass is 32.2. The normalized spacial score (nSPS) is 16.2. The second kappa shape index (κ2) is 7.87. The van der Waals surface area contributed by atoms with Crippen LogP contribution in [0, 0.1) is 0 Å². The third-order valence-corrected chi connectivity index (χ3v) is 5.25. The number of nitrogens with one attached hydrogen (secondary N) is 1. The number of benzene rings is 2. The van der Waals surface area contributed by atoms with Crippen molar-refractivity contribution in [3.05, 3.63) is 54.1 Å². The molecule has 2 aromatic rings. The van der Waals surface area contributed by atoms with Gasteiger partial charge in [-0.15, -0.1) is 0 Å². The lowest BCUT2D eigenvalue weighted by atomic mass is 10.2. The molecule has 0 saturated heterocycles. The lowest BCUT2D eigenvalue weighted by molar-refractivity contribution is -0.127. The number of para-hydroxylation sites is 2. The summed E-state index contributed by atoms with van der Waals surface area (Å²) in [5, 5.41) is 2.80. The van der Waals surface area contributed by atoms with Gasteiger partial charge in [0.05, 0.1) is 25.1 Å². The Morgan fingerprint density at radius 3 is 2.78 bits per heavy atom. The monoisotopic (exact) mass is 390 g/mol. The van der Waals surface area contributed by atoms with E-state index in [-0.39, 0.29) is 12.5 Å². The van der Waals surface area contributed by atoms with Gasteiger partial charge in [0.25, 0.3) is 5.91 Å². The van der Waals surface area contributed by atoms with Crippen LogP contribution < -0.4 is 19.1 Å². The number of hydrogen-bond acceptors (Lipinski definition) is 5. The van der Waals surface area contributed by atoms with E-state index in [1.54, 1.807) is 24.3 Å². The van der Waals surface area contributed by atoms with Gasteiger partial charge in [-0.25, -0.2) is 8.42 Å². The third-order valence-electron chi connectivity index (χ3n) is 4.10. The van der Waals surface area contributed by atoms with Gasteiger partial charge >= 0.3 is 0 Å². The molecule has 27 heavy (non-hydrogen) atoms. The van der Waals surface area contributed by atoms with Gasteiger partial charge in [-0.1, -0.05) is 24.3 Å². The molecule has 3 rings (SSSR count). The van der Waals surface area contributed by atoms with E-state index in [0.29, 0.717) is 24.6 Å². The van der Waals surface area contributed by atoms with Crippen LogP contribution in [0.25, 0.3) is 0 Å². The molecule has 1 unspecified atom stereocenters. The standard InChI is InChI=1S/C19H22N2O5S/c1-3-25-15-8-6-7-14(11-15)12-20-19(22)18-13-21(27(2,23)24)16-9-4-5-10-17(16)26-18/h4-11,18H,3,12-13H2,1-2H3,(H,20,22). The number of carbonyl (C=O) groups is 1. The maximum absolute atomic E-state index is 12.6. The molecule has 1 heterocycles. The summed E-state index contributed by atoms with van der Waals surface area (Å²) in [6, 6.07) is 14.2. The summed E-state index contributed by atoms with van der Waals surface area (Å²) in [5.74, 6) is 0.725. The predicted molar refractivity (Wildman–Crippen MR) is 103 cm³/mol. The molecule has 0 radical (unpaired) electrons. The minimum atomic E-state index is -3.53. The zero-order valence-electron chi connectivity index (χ0n) is 15.2. The second-order valence-corrected chi connectivity index (χ2v) is 8.07. The van der Waals surface area contributed by atoms with Crippen LogP contribution >= 0.6 is 0 Å². The summed E-state index contributed by atoms with van der Waals surface area (Å²) in [6.45, 7) is 2.69. The molecule has 144 valence electrons. The number of ether oxygens (including phenoxy) is 2. The molecule has 0 aliphatic carbocycles. The summed E-state index contributed by atoms with van der Waals surface area (Å²) < 4.78 is 36.6. The fourth-order valence-electron chi connectivity index (χ4n) is 2.87. The van der Waals surface area contributed by atoms with Crippen molar-refractivity contribution in [1.29, 1.82) is 0 Å². The van der Waals surface area contributed by atoms with Crippen molar-refractivity contribution < 1.29 is 22.7 Å². The first-order valence-corrected chi connectivity index (χ1v) is 10.5. The highest BCUT2D eigenvalue weighted by molar-refractivity contribution is 7.92. The molecular formula is C19H22N2O5S. The Kier molecular flexibility index (Phi) is 5.55. The molecule has 0 fully saturated rings. The lowest BCUT2D eigenvalue weighted by Gasteiger charge is -2.33. The topological polar surface area (TPSA) is 84.9 Å². The molecule has 0 bridgehead atoms. The van der Waals surface area contributed by atoms with Gasteiger partial charge in [0.1, 0.15) is 11.5 Å². The number of sulfonamides is 1. The van der Waals surface area contributed by atoms with Crippen LogP contribution in [0.3, 0.4) is 0 Å². The number of hydrogen-bond donors (Lipinski definition) is 1.